The molecule has 0 spiro atoms. The maximum Gasteiger partial charge on any atom is 0.137 e. The Morgan fingerprint density at radius 1 is 1.46 bits per heavy atom. The SMILES string of the molecule is CN(C)NCc1ccc(Br)c(F)c1. The van der Waals surface area contributed by atoms with Gasteiger partial charge in [-0.15, -0.1) is 0 Å². The molecule has 72 valence electrons. The standard InChI is InChI=1S/C9H12BrFN2/c1-13(2)12-6-7-3-4-8(10)9(11)5-7/h3-5,12H,6H2,1-2H3. The average molecular weight is 247 g/mol. The fourth-order valence-electron chi connectivity index (χ4n) is 0.899. The van der Waals surface area contributed by atoms with Gasteiger partial charge in [0.1, 0.15) is 5.82 Å². The van der Waals surface area contributed by atoms with E-state index in [-0.39, 0.29) is 5.82 Å². The largest absolute Gasteiger partial charge is 0.251 e. The van der Waals surface area contributed by atoms with E-state index in [0.717, 1.165) is 5.56 Å². The molecule has 0 bridgehead atoms. The van der Waals surface area contributed by atoms with Crippen molar-refractivity contribution in [1.82, 2.24) is 10.4 Å². The summed E-state index contributed by atoms with van der Waals surface area (Å²) in [5.41, 5.74) is 3.99. The first-order valence-corrected chi connectivity index (χ1v) is 4.73. The smallest absolute Gasteiger partial charge is 0.137 e. The molecule has 0 atom stereocenters. The van der Waals surface area contributed by atoms with E-state index < -0.39 is 0 Å². The van der Waals surface area contributed by atoms with E-state index in [1.807, 2.05) is 25.2 Å². The molecule has 0 radical (unpaired) electrons. The van der Waals surface area contributed by atoms with Crippen molar-refractivity contribution >= 4 is 15.9 Å². The van der Waals surface area contributed by atoms with Gasteiger partial charge in [-0.2, -0.15) is 0 Å². The monoisotopic (exact) mass is 246 g/mol. The normalized spacial score (nSPS) is 10.8. The van der Waals surface area contributed by atoms with Crippen molar-refractivity contribution in [3.63, 3.8) is 0 Å². The van der Waals surface area contributed by atoms with Crippen LogP contribution in [0.1, 0.15) is 5.56 Å². The molecule has 0 amide bonds. The maximum atomic E-state index is 13.0. The van der Waals surface area contributed by atoms with Crippen LogP contribution in [0.15, 0.2) is 22.7 Å². The Bertz CT molecular complexity index is 289. The molecule has 1 aromatic rings. The highest BCUT2D eigenvalue weighted by molar-refractivity contribution is 9.10. The molecule has 1 rings (SSSR count). The molecule has 2 nitrogen and oxygen atoms in total. The van der Waals surface area contributed by atoms with Crippen molar-refractivity contribution in [2.75, 3.05) is 14.1 Å². The maximum absolute atomic E-state index is 13.0. The van der Waals surface area contributed by atoms with Gasteiger partial charge in [-0.25, -0.2) is 4.39 Å². The number of hydrazine groups is 1. The molecule has 0 aliphatic rings. The first-order chi connectivity index (χ1) is 6.09. The lowest BCUT2D eigenvalue weighted by Gasteiger charge is -2.11. The van der Waals surface area contributed by atoms with Gasteiger partial charge in [0.15, 0.2) is 0 Å². The van der Waals surface area contributed by atoms with Crippen LogP contribution in [-0.2, 0) is 6.54 Å². The molecule has 0 aromatic heterocycles. The highest BCUT2D eigenvalue weighted by atomic mass is 79.9. The fourth-order valence-corrected chi connectivity index (χ4v) is 1.15. The summed E-state index contributed by atoms with van der Waals surface area (Å²) in [5, 5.41) is 1.83. The molecule has 0 aliphatic heterocycles. The Morgan fingerprint density at radius 3 is 2.69 bits per heavy atom. The minimum Gasteiger partial charge on any atom is -0.251 e. The summed E-state index contributed by atoms with van der Waals surface area (Å²) >= 11 is 3.10. The summed E-state index contributed by atoms with van der Waals surface area (Å²) in [5.74, 6) is -0.224. The number of nitrogens with zero attached hydrogens (tertiary/aromatic N) is 1. The minimum atomic E-state index is -0.224. The van der Waals surface area contributed by atoms with Gasteiger partial charge in [0.25, 0.3) is 0 Å². The van der Waals surface area contributed by atoms with Gasteiger partial charge >= 0.3 is 0 Å². The molecule has 0 unspecified atom stereocenters. The van der Waals surface area contributed by atoms with Crippen LogP contribution in [0.3, 0.4) is 0 Å². The third-order valence-corrected chi connectivity index (χ3v) is 2.23. The van der Waals surface area contributed by atoms with Gasteiger partial charge in [0.2, 0.25) is 0 Å². The van der Waals surface area contributed by atoms with Crippen LogP contribution in [0, 0.1) is 5.82 Å². The van der Waals surface area contributed by atoms with Crippen molar-refractivity contribution in [3.8, 4) is 0 Å². The van der Waals surface area contributed by atoms with Crippen LogP contribution in [0.4, 0.5) is 4.39 Å². The highest BCUT2D eigenvalue weighted by Gasteiger charge is 2.00. The van der Waals surface area contributed by atoms with E-state index in [1.165, 1.54) is 6.07 Å². The highest BCUT2D eigenvalue weighted by Crippen LogP contribution is 2.16. The Kier molecular flexibility index (Phi) is 3.84. The van der Waals surface area contributed by atoms with E-state index in [0.29, 0.717) is 11.0 Å². The zero-order valence-corrected chi connectivity index (χ0v) is 9.23. The molecule has 1 aromatic carbocycles. The molecule has 0 saturated carbocycles. The number of rotatable bonds is 3. The van der Waals surface area contributed by atoms with E-state index in [9.17, 15) is 4.39 Å². The summed E-state index contributed by atoms with van der Waals surface area (Å²) in [6.07, 6.45) is 0. The van der Waals surface area contributed by atoms with Crippen LogP contribution in [0.2, 0.25) is 0 Å². The number of benzene rings is 1. The van der Waals surface area contributed by atoms with Crippen LogP contribution in [0.5, 0.6) is 0 Å². The molecule has 1 N–H and O–H groups in total. The summed E-state index contributed by atoms with van der Waals surface area (Å²) in [4.78, 5) is 0. The van der Waals surface area contributed by atoms with Crippen molar-refractivity contribution in [1.29, 1.82) is 0 Å². The first-order valence-electron chi connectivity index (χ1n) is 3.94. The predicted octanol–water partition coefficient (Wildman–Crippen LogP) is 2.15. The van der Waals surface area contributed by atoms with Crippen LogP contribution in [0.25, 0.3) is 0 Å². The number of hydrogen-bond acceptors (Lipinski definition) is 2. The lowest BCUT2D eigenvalue weighted by atomic mass is 10.2. The van der Waals surface area contributed by atoms with Crippen molar-refractivity contribution < 1.29 is 4.39 Å². The molecular formula is C9H12BrFN2. The number of nitrogens with one attached hydrogen (secondary N) is 1. The summed E-state index contributed by atoms with van der Waals surface area (Å²) < 4.78 is 13.5. The second kappa shape index (κ2) is 4.69. The molecule has 0 heterocycles. The quantitative estimate of drug-likeness (QED) is 0.823. The predicted molar refractivity (Wildman–Crippen MR) is 54.6 cm³/mol. The van der Waals surface area contributed by atoms with Crippen molar-refractivity contribution in [3.05, 3.63) is 34.1 Å². The second-order valence-electron chi connectivity index (χ2n) is 2.98. The molecule has 0 aliphatic carbocycles. The third-order valence-electron chi connectivity index (χ3n) is 1.58. The Hall–Kier alpha value is -0.450. The molecule has 0 fully saturated rings. The molecule has 13 heavy (non-hydrogen) atoms. The minimum absolute atomic E-state index is 0.224. The Balaban J connectivity index is 2.63. The zero-order chi connectivity index (χ0) is 9.84. The van der Waals surface area contributed by atoms with Crippen molar-refractivity contribution in [2.45, 2.75) is 6.54 Å². The molecule has 0 saturated heterocycles. The van der Waals surface area contributed by atoms with Gasteiger partial charge in [-0.3, -0.25) is 10.4 Å². The number of halogens is 2. The van der Waals surface area contributed by atoms with Crippen LogP contribution in [-0.4, -0.2) is 19.1 Å². The zero-order valence-electron chi connectivity index (χ0n) is 7.64. The summed E-state index contributed by atoms with van der Waals surface area (Å²) in [6.45, 7) is 0.636. The summed E-state index contributed by atoms with van der Waals surface area (Å²) in [6, 6.07) is 5.10. The van der Waals surface area contributed by atoms with Gasteiger partial charge in [0, 0.05) is 20.6 Å². The Morgan fingerprint density at radius 2 is 2.15 bits per heavy atom. The third kappa shape index (κ3) is 3.42. The van der Waals surface area contributed by atoms with Crippen molar-refractivity contribution in [2.24, 2.45) is 0 Å². The van der Waals surface area contributed by atoms with E-state index in [1.54, 1.807) is 6.07 Å². The first kappa shape index (κ1) is 10.6. The van der Waals surface area contributed by atoms with Gasteiger partial charge in [-0.05, 0) is 33.6 Å². The van der Waals surface area contributed by atoms with Gasteiger partial charge in [-0.1, -0.05) is 6.07 Å². The van der Waals surface area contributed by atoms with E-state index >= 15 is 0 Å². The van der Waals surface area contributed by atoms with Crippen LogP contribution >= 0.6 is 15.9 Å². The molecular weight excluding hydrogens is 235 g/mol. The fraction of sp³-hybridized carbons (Fsp3) is 0.333. The molecule has 4 heteroatoms. The second-order valence-corrected chi connectivity index (χ2v) is 3.83. The van der Waals surface area contributed by atoms with Gasteiger partial charge < -0.3 is 0 Å². The van der Waals surface area contributed by atoms with E-state index in [2.05, 4.69) is 21.4 Å². The lowest BCUT2D eigenvalue weighted by Crippen LogP contribution is -2.29. The lowest BCUT2D eigenvalue weighted by molar-refractivity contribution is 0.286. The Labute approximate surface area is 85.8 Å². The average Bonchev–Trinajstić information content (AvgIpc) is 2.07. The summed E-state index contributed by atoms with van der Waals surface area (Å²) in [7, 11) is 3.80. The number of hydrogen-bond donors (Lipinski definition) is 1. The topological polar surface area (TPSA) is 15.3 Å². The van der Waals surface area contributed by atoms with Crippen LogP contribution < -0.4 is 5.43 Å². The van der Waals surface area contributed by atoms with E-state index in [4.69, 9.17) is 0 Å². The van der Waals surface area contributed by atoms with Gasteiger partial charge in [0.05, 0.1) is 4.47 Å².